The van der Waals surface area contributed by atoms with Crippen LogP contribution in [0.25, 0.3) is 23.0 Å². The topological polar surface area (TPSA) is 70.4 Å². The Labute approximate surface area is 208 Å². The van der Waals surface area contributed by atoms with E-state index in [0.29, 0.717) is 17.1 Å². The molecule has 0 unspecified atom stereocenters. The van der Waals surface area contributed by atoms with Crippen LogP contribution in [0, 0.1) is 0 Å². The minimum atomic E-state index is -0.0296. The highest BCUT2D eigenvalue weighted by molar-refractivity contribution is 7.99. The van der Waals surface area contributed by atoms with Crippen LogP contribution in [-0.4, -0.2) is 27.6 Å². The van der Waals surface area contributed by atoms with Gasteiger partial charge in [-0.15, -0.1) is 0 Å². The summed E-state index contributed by atoms with van der Waals surface area (Å²) >= 11 is 1.57. The fourth-order valence-corrected chi connectivity index (χ4v) is 5.22. The lowest BCUT2D eigenvalue weighted by molar-refractivity contribution is 0.0990. The molecule has 0 saturated heterocycles. The van der Waals surface area contributed by atoms with Gasteiger partial charge in [-0.3, -0.25) is 9.36 Å². The molecule has 7 heteroatoms. The number of amides is 1. The first-order valence-electron chi connectivity index (χ1n) is 11.0. The molecule has 1 aliphatic heterocycles. The maximum absolute atomic E-state index is 13.0. The molecule has 2 heterocycles. The lowest BCUT2D eigenvalue weighted by Gasteiger charge is -2.18. The van der Waals surface area contributed by atoms with Gasteiger partial charge in [-0.25, -0.2) is 4.98 Å². The number of nitrogens with zero attached hydrogens (tertiary/aromatic N) is 3. The van der Waals surface area contributed by atoms with Crippen LogP contribution in [0.3, 0.4) is 0 Å². The van der Waals surface area contributed by atoms with Crippen molar-refractivity contribution in [3.05, 3.63) is 91.3 Å². The maximum Gasteiger partial charge on any atom is 0.259 e. The summed E-state index contributed by atoms with van der Waals surface area (Å²) in [5, 5.41) is 13.3. The lowest BCUT2D eigenvalue weighted by atomic mass is 10.1. The summed E-state index contributed by atoms with van der Waals surface area (Å²) in [5.74, 6) is 1.58. The number of nitrogens with one attached hydrogen (secondary N) is 1. The molecule has 6 nitrogen and oxygen atoms in total. The zero-order valence-electron chi connectivity index (χ0n) is 19.4. The molecular weight excluding hydrogens is 456 g/mol. The van der Waals surface area contributed by atoms with Crippen LogP contribution in [0.2, 0.25) is 0 Å². The number of carbonyl (C=O) groups excluding carboxylic acids is 1. The third-order valence-electron chi connectivity index (χ3n) is 5.84. The monoisotopic (exact) mass is 480 g/mol. The first kappa shape index (κ1) is 22.6. The number of phenols is 1. The van der Waals surface area contributed by atoms with Crippen molar-refractivity contribution in [3.63, 3.8) is 0 Å². The van der Waals surface area contributed by atoms with Crippen molar-refractivity contribution >= 4 is 46.6 Å². The summed E-state index contributed by atoms with van der Waals surface area (Å²) in [7, 11) is 1.80. The van der Waals surface area contributed by atoms with Crippen molar-refractivity contribution in [2.24, 2.45) is 0 Å². The van der Waals surface area contributed by atoms with Crippen LogP contribution in [-0.2, 0) is 0 Å². The third kappa shape index (κ3) is 4.00. The number of carbonyl (C=O) groups is 1. The number of imidazole rings is 1. The first-order chi connectivity index (χ1) is 16.9. The van der Waals surface area contributed by atoms with Crippen molar-refractivity contribution in [3.8, 4) is 17.0 Å². The number of allylic oxidation sites excluding steroid dienone is 1. The van der Waals surface area contributed by atoms with Gasteiger partial charge in [0.1, 0.15) is 23.1 Å². The number of hydrogen-bond donors (Lipinski definition) is 2. The van der Waals surface area contributed by atoms with E-state index in [1.54, 1.807) is 42.0 Å². The molecule has 1 aliphatic rings. The molecular formula is C28H24N4O2S. The van der Waals surface area contributed by atoms with Crippen LogP contribution in [0.1, 0.15) is 23.1 Å². The van der Waals surface area contributed by atoms with Gasteiger partial charge in [0.2, 0.25) is 0 Å². The Balaban J connectivity index is 1.61. The Kier molecular flexibility index (Phi) is 5.70. The van der Waals surface area contributed by atoms with Gasteiger partial charge in [0.15, 0.2) is 0 Å². The zero-order chi connectivity index (χ0) is 24.7. The van der Waals surface area contributed by atoms with Crippen LogP contribution in [0.15, 0.2) is 89.7 Å². The van der Waals surface area contributed by atoms with E-state index in [-0.39, 0.29) is 11.7 Å². The Morgan fingerprint density at radius 3 is 2.54 bits per heavy atom. The summed E-state index contributed by atoms with van der Waals surface area (Å²) < 4.78 is 1.87. The molecule has 0 aliphatic carbocycles. The van der Waals surface area contributed by atoms with Crippen LogP contribution in [0.5, 0.6) is 5.75 Å². The summed E-state index contributed by atoms with van der Waals surface area (Å²) in [6.45, 7) is 9.94. The maximum atomic E-state index is 13.0. The highest BCUT2D eigenvalue weighted by atomic mass is 32.2. The molecule has 0 saturated carbocycles. The van der Waals surface area contributed by atoms with Crippen molar-refractivity contribution in [1.29, 1.82) is 0 Å². The van der Waals surface area contributed by atoms with Gasteiger partial charge in [-0.2, -0.15) is 0 Å². The van der Waals surface area contributed by atoms with Crippen molar-refractivity contribution in [2.45, 2.75) is 16.7 Å². The van der Waals surface area contributed by atoms with E-state index in [2.05, 4.69) is 18.5 Å². The van der Waals surface area contributed by atoms with E-state index in [0.717, 1.165) is 38.1 Å². The van der Waals surface area contributed by atoms with E-state index < -0.39 is 0 Å². The average Bonchev–Trinajstić information content (AvgIpc) is 3.18. The summed E-state index contributed by atoms with van der Waals surface area (Å²) in [5.41, 5.74) is 4.73. The number of rotatable bonds is 5. The van der Waals surface area contributed by atoms with Crippen molar-refractivity contribution < 1.29 is 9.90 Å². The highest BCUT2D eigenvalue weighted by Gasteiger charge is 2.25. The third-order valence-corrected chi connectivity index (χ3v) is 6.96. The quantitative estimate of drug-likeness (QED) is 0.326. The van der Waals surface area contributed by atoms with Gasteiger partial charge < -0.3 is 15.3 Å². The molecule has 5 rings (SSSR count). The number of aromatic nitrogens is 2. The fraction of sp³-hybridized carbons (Fsp3) is 0.0714. The molecule has 4 aromatic rings. The average molecular weight is 481 g/mol. The lowest BCUT2D eigenvalue weighted by Crippen LogP contribution is -2.25. The van der Waals surface area contributed by atoms with E-state index in [1.807, 2.05) is 66.1 Å². The predicted molar refractivity (Wildman–Crippen MR) is 143 cm³/mol. The number of benzene rings is 3. The predicted octanol–water partition coefficient (Wildman–Crippen LogP) is 6.87. The van der Waals surface area contributed by atoms with Gasteiger partial charge >= 0.3 is 0 Å². The molecule has 1 amide bonds. The Hall–Kier alpha value is -4.23. The fourth-order valence-electron chi connectivity index (χ4n) is 4.08. The van der Waals surface area contributed by atoms with Gasteiger partial charge in [0.05, 0.1) is 11.3 Å². The highest BCUT2D eigenvalue weighted by Crippen LogP contribution is 2.43. The summed E-state index contributed by atoms with van der Waals surface area (Å²) in [6, 6.07) is 20.5. The standard InChI is InChI=1S/C28H24N4O2S/c1-5-32-26(17(2)3)30-25(18-10-13-20(33)14-11-18)27(32)29-19-12-15-22-24(16-19)35-23-9-7-6-8-21(23)28(34)31(22)4/h5-16,29,33H,1-2H2,3-4H3. The van der Waals surface area contributed by atoms with Crippen LogP contribution in [0.4, 0.5) is 17.2 Å². The molecule has 0 bridgehead atoms. The molecule has 0 radical (unpaired) electrons. The van der Waals surface area contributed by atoms with Gasteiger partial charge in [0, 0.05) is 34.3 Å². The van der Waals surface area contributed by atoms with Crippen LogP contribution >= 0.6 is 11.8 Å². The number of aromatic hydroxyl groups is 1. The smallest absolute Gasteiger partial charge is 0.259 e. The van der Waals surface area contributed by atoms with E-state index in [1.165, 1.54) is 0 Å². The van der Waals surface area contributed by atoms with Gasteiger partial charge in [-0.1, -0.05) is 37.1 Å². The summed E-state index contributed by atoms with van der Waals surface area (Å²) in [6.07, 6.45) is 1.70. The van der Waals surface area contributed by atoms with Crippen LogP contribution < -0.4 is 10.2 Å². The Morgan fingerprint density at radius 2 is 1.83 bits per heavy atom. The van der Waals surface area contributed by atoms with E-state index in [9.17, 15) is 9.90 Å². The largest absolute Gasteiger partial charge is 0.508 e. The molecule has 0 spiro atoms. The zero-order valence-corrected chi connectivity index (χ0v) is 20.3. The number of phenolic OH excluding ortho intramolecular Hbond substituents is 1. The number of anilines is 3. The second-order valence-corrected chi connectivity index (χ2v) is 9.37. The molecule has 0 fully saturated rings. The number of fused-ring (bicyclic) bond motifs is 2. The second kappa shape index (κ2) is 8.85. The molecule has 3 aromatic carbocycles. The van der Waals surface area contributed by atoms with E-state index >= 15 is 0 Å². The first-order valence-corrected chi connectivity index (χ1v) is 11.8. The second-order valence-electron chi connectivity index (χ2n) is 8.28. The molecule has 35 heavy (non-hydrogen) atoms. The molecule has 2 N–H and O–H groups in total. The van der Waals surface area contributed by atoms with Crippen molar-refractivity contribution in [1.82, 2.24) is 9.55 Å². The van der Waals surface area contributed by atoms with Gasteiger partial charge in [-0.05, 0) is 67.1 Å². The minimum absolute atomic E-state index is 0.0296. The Morgan fingerprint density at radius 1 is 1.09 bits per heavy atom. The SMILES string of the molecule is C=Cn1c(C(=C)C)nc(-c2ccc(O)cc2)c1Nc1ccc2c(c1)Sc1ccccc1C(=O)N2C. The van der Waals surface area contributed by atoms with Gasteiger partial charge in [0.25, 0.3) is 5.91 Å². The molecule has 0 atom stereocenters. The number of hydrogen-bond acceptors (Lipinski definition) is 5. The normalized spacial score (nSPS) is 12.5. The van der Waals surface area contributed by atoms with E-state index in [4.69, 9.17) is 4.98 Å². The Bertz CT molecular complexity index is 1490. The minimum Gasteiger partial charge on any atom is -0.508 e. The molecule has 1 aromatic heterocycles. The summed E-state index contributed by atoms with van der Waals surface area (Å²) in [4.78, 5) is 21.4. The van der Waals surface area contributed by atoms with Crippen molar-refractivity contribution in [2.75, 3.05) is 17.3 Å². The molecule has 174 valence electrons.